The number of rotatable bonds is 7. The Bertz CT molecular complexity index is 2120. The predicted octanol–water partition coefficient (Wildman–Crippen LogP) is 7.10. The topological polar surface area (TPSA) is 125 Å². The van der Waals surface area contributed by atoms with Gasteiger partial charge in [-0.05, 0) is 115 Å². The molecule has 0 spiro atoms. The average molecular weight is 671 g/mol. The summed E-state index contributed by atoms with van der Waals surface area (Å²) < 4.78 is 10.5. The molecule has 3 aromatic carbocycles. The molecule has 3 aliphatic carbocycles. The summed E-state index contributed by atoms with van der Waals surface area (Å²) in [6.45, 7) is 1.17. The summed E-state index contributed by atoms with van der Waals surface area (Å²) in [5.41, 5.74) is 6.50. The van der Waals surface area contributed by atoms with E-state index in [4.69, 9.17) is 19.4 Å². The van der Waals surface area contributed by atoms with Crippen molar-refractivity contribution in [3.8, 4) is 22.4 Å². The van der Waals surface area contributed by atoms with Crippen molar-refractivity contribution in [3.05, 3.63) is 72.4 Å². The molecule has 0 bridgehead atoms. The molecular formula is C40H42N6O4. The first-order valence-electron chi connectivity index (χ1n) is 18.3. The molecule has 2 amide bonds. The lowest BCUT2D eigenvalue weighted by Gasteiger charge is -2.35. The number of fused-ring (bicyclic) bond motifs is 4. The van der Waals surface area contributed by atoms with Gasteiger partial charge < -0.3 is 29.7 Å². The maximum absolute atomic E-state index is 14.2. The number of nitrogens with one attached hydrogen (secondary N) is 3. The van der Waals surface area contributed by atoms with Gasteiger partial charge in [0.2, 0.25) is 5.91 Å². The van der Waals surface area contributed by atoms with E-state index in [1.807, 2.05) is 11.1 Å². The van der Waals surface area contributed by atoms with E-state index in [9.17, 15) is 9.59 Å². The van der Waals surface area contributed by atoms with Gasteiger partial charge in [0.1, 0.15) is 17.7 Å². The van der Waals surface area contributed by atoms with Crippen LogP contribution in [0.2, 0.25) is 0 Å². The average Bonchev–Trinajstić information content (AvgIpc) is 3.74. The first-order chi connectivity index (χ1) is 24.5. The van der Waals surface area contributed by atoms with E-state index in [1.165, 1.54) is 42.9 Å². The van der Waals surface area contributed by atoms with E-state index in [0.717, 1.165) is 76.8 Å². The van der Waals surface area contributed by atoms with Gasteiger partial charge in [0, 0.05) is 30.7 Å². The third-order valence-electron chi connectivity index (χ3n) is 12.3. The molecule has 2 aliphatic heterocycles. The fourth-order valence-corrected chi connectivity index (χ4v) is 9.38. The van der Waals surface area contributed by atoms with Crippen LogP contribution in [-0.2, 0) is 14.3 Å². The van der Waals surface area contributed by atoms with E-state index in [1.54, 1.807) is 0 Å². The Kier molecular flexibility index (Phi) is 7.05. The molecule has 5 aromatic rings. The summed E-state index contributed by atoms with van der Waals surface area (Å²) in [5, 5.41) is 5.19. The minimum Gasteiger partial charge on any atom is -0.453 e. The minimum absolute atomic E-state index is 0.00676. The number of aromatic amines is 2. The van der Waals surface area contributed by atoms with Gasteiger partial charge in [-0.1, -0.05) is 30.3 Å². The number of amides is 2. The van der Waals surface area contributed by atoms with Crippen LogP contribution in [0.4, 0.5) is 4.79 Å². The lowest BCUT2D eigenvalue weighted by atomic mass is 9.90. The highest BCUT2D eigenvalue weighted by Gasteiger charge is 2.56. The summed E-state index contributed by atoms with van der Waals surface area (Å²) in [4.78, 5) is 45.5. The van der Waals surface area contributed by atoms with Crippen molar-refractivity contribution in [1.29, 1.82) is 0 Å². The maximum atomic E-state index is 14.2. The SMILES string of the molecule is COC(=O)N[C@H](C(=O)N1[C@@H]2C[C@@H]2C[C@H]1c1ncc(-c2ccc3cc(-c4ccc5nc(C6C[C@@H]7C[C@@H]7C6)[nH]c5c4)ccc3c2)[nH]1)C1CCOCC1. The number of hydrogen-bond acceptors (Lipinski definition) is 6. The number of methoxy groups -OCH3 is 1. The summed E-state index contributed by atoms with van der Waals surface area (Å²) in [6.07, 6.45) is 8.62. The van der Waals surface area contributed by atoms with Crippen molar-refractivity contribution < 1.29 is 19.1 Å². The van der Waals surface area contributed by atoms with Gasteiger partial charge in [-0.25, -0.2) is 14.8 Å². The van der Waals surface area contributed by atoms with Gasteiger partial charge in [-0.15, -0.1) is 0 Å². The van der Waals surface area contributed by atoms with Crippen molar-refractivity contribution in [2.75, 3.05) is 20.3 Å². The van der Waals surface area contributed by atoms with Crippen molar-refractivity contribution in [1.82, 2.24) is 30.2 Å². The molecule has 10 nitrogen and oxygen atoms in total. The van der Waals surface area contributed by atoms with Crippen LogP contribution in [0.3, 0.4) is 0 Å². The molecule has 2 saturated heterocycles. The highest BCUT2D eigenvalue weighted by atomic mass is 16.5. The van der Waals surface area contributed by atoms with Crippen LogP contribution < -0.4 is 5.32 Å². The van der Waals surface area contributed by atoms with E-state index < -0.39 is 12.1 Å². The second kappa shape index (κ2) is 11.7. The quantitative estimate of drug-likeness (QED) is 0.170. The Morgan fingerprint density at radius 3 is 2.40 bits per heavy atom. The molecule has 7 atom stereocenters. The Morgan fingerprint density at radius 1 is 0.860 bits per heavy atom. The molecule has 4 heterocycles. The Hall–Kier alpha value is -4.70. The number of alkyl carbamates (subject to hydrolysis) is 1. The number of ether oxygens (including phenoxy) is 2. The number of hydrogen-bond donors (Lipinski definition) is 3. The first kappa shape index (κ1) is 30.2. The second-order valence-electron chi connectivity index (χ2n) is 15.4. The van der Waals surface area contributed by atoms with Crippen LogP contribution in [0.5, 0.6) is 0 Å². The largest absolute Gasteiger partial charge is 0.453 e. The highest BCUT2D eigenvalue weighted by Crippen LogP contribution is 2.57. The van der Waals surface area contributed by atoms with E-state index in [-0.39, 0.29) is 23.9 Å². The Morgan fingerprint density at radius 2 is 1.60 bits per heavy atom. The number of carbonyl (C=O) groups is 2. The molecule has 1 unspecified atom stereocenters. The van der Waals surface area contributed by atoms with Crippen molar-refractivity contribution in [3.63, 3.8) is 0 Å². The molecule has 5 fully saturated rings. The summed E-state index contributed by atoms with van der Waals surface area (Å²) >= 11 is 0. The molecule has 3 saturated carbocycles. The molecule has 5 aliphatic rings. The summed E-state index contributed by atoms with van der Waals surface area (Å²) in [7, 11) is 1.33. The smallest absolute Gasteiger partial charge is 0.407 e. The second-order valence-corrected chi connectivity index (χ2v) is 15.4. The lowest BCUT2D eigenvalue weighted by molar-refractivity contribution is -0.138. The van der Waals surface area contributed by atoms with Crippen LogP contribution >= 0.6 is 0 Å². The Labute approximate surface area is 290 Å². The number of nitrogens with zero attached hydrogens (tertiary/aromatic N) is 3. The number of benzene rings is 3. The van der Waals surface area contributed by atoms with E-state index in [2.05, 4.69) is 69.9 Å². The molecule has 2 aromatic heterocycles. The van der Waals surface area contributed by atoms with Crippen LogP contribution in [-0.4, -0.2) is 69.2 Å². The molecular weight excluding hydrogens is 628 g/mol. The van der Waals surface area contributed by atoms with Gasteiger partial charge in [-0.3, -0.25) is 4.79 Å². The molecule has 50 heavy (non-hydrogen) atoms. The third-order valence-corrected chi connectivity index (χ3v) is 12.3. The molecule has 0 radical (unpaired) electrons. The fourth-order valence-electron chi connectivity index (χ4n) is 9.38. The summed E-state index contributed by atoms with van der Waals surface area (Å²) in [6, 6.07) is 19.1. The number of imidazole rings is 2. The highest BCUT2D eigenvalue weighted by molar-refractivity contribution is 5.92. The number of carbonyl (C=O) groups excluding carboxylic acids is 2. The van der Waals surface area contributed by atoms with Gasteiger partial charge in [0.25, 0.3) is 0 Å². The van der Waals surface area contributed by atoms with Crippen LogP contribution in [0.15, 0.2) is 60.8 Å². The predicted molar refractivity (Wildman–Crippen MR) is 189 cm³/mol. The summed E-state index contributed by atoms with van der Waals surface area (Å²) in [5.74, 6) is 4.85. The minimum atomic E-state index is -0.644. The van der Waals surface area contributed by atoms with Crippen LogP contribution in [0.25, 0.3) is 44.2 Å². The van der Waals surface area contributed by atoms with Gasteiger partial charge in [0.05, 0.1) is 36.1 Å². The number of likely N-dealkylation sites (tertiary alicyclic amines) is 1. The van der Waals surface area contributed by atoms with Gasteiger partial charge >= 0.3 is 6.09 Å². The first-order valence-corrected chi connectivity index (χ1v) is 18.3. The zero-order valence-corrected chi connectivity index (χ0v) is 28.2. The van der Waals surface area contributed by atoms with Gasteiger partial charge in [-0.2, -0.15) is 0 Å². The molecule has 10 heteroatoms. The van der Waals surface area contributed by atoms with Crippen molar-refractivity contribution in [2.24, 2.45) is 23.7 Å². The number of piperidine rings is 1. The molecule has 10 rings (SSSR count). The Balaban J connectivity index is 0.881. The monoisotopic (exact) mass is 670 g/mol. The molecule has 256 valence electrons. The van der Waals surface area contributed by atoms with Crippen LogP contribution in [0, 0.1) is 23.7 Å². The maximum Gasteiger partial charge on any atom is 0.407 e. The zero-order valence-electron chi connectivity index (χ0n) is 28.2. The molecule has 3 N–H and O–H groups in total. The standard InChI is InChI=1S/C40H42N6O4/c1-49-40(48)45-36(21-8-10-50-11-9-21)39(47)46-34-18-29(34)19-35(46)38-41-20-33(44-38)26-5-4-22-12-23(2-3-24(22)13-26)25-6-7-31-32(17-25)43-37(42-31)30-15-27-14-28(27)16-30/h2-7,12-13,17,20-21,27-30,34-36H,8-11,14-16,18-19H2,1H3,(H,41,44)(H,42,43)(H,45,48)/t27-,28+,29-,30?,34-,35+,36+/m1/s1. The van der Waals surface area contributed by atoms with E-state index in [0.29, 0.717) is 25.0 Å². The van der Waals surface area contributed by atoms with Gasteiger partial charge in [0.15, 0.2) is 0 Å². The van der Waals surface area contributed by atoms with Crippen molar-refractivity contribution >= 4 is 33.8 Å². The van der Waals surface area contributed by atoms with Crippen molar-refractivity contribution in [2.45, 2.75) is 69.0 Å². The third kappa shape index (κ3) is 5.27. The number of aromatic nitrogens is 4. The number of H-pyrrole nitrogens is 2. The lowest BCUT2D eigenvalue weighted by Crippen LogP contribution is -2.54. The fraction of sp³-hybridized carbons (Fsp3) is 0.450. The van der Waals surface area contributed by atoms with E-state index >= 15 is 0 Å². The zero-order chi connectivity index (χ0) is 33.5. The normalized spacial score (nSPS) is 27.7. The van der Waals surface area contributed by atoms with Crippen LogP contribution in [0.1, 0.15) is 68.6 Å².